The van der Waals surface area contributed by atoms with E-state index in [1.54, 1.807) is 0 Å². The lowest BCUT2D eigenvalue weighted by atomic mass is 9.67. The van der Waals surface area contributed by atoms with E-state index in [4.69, 9.17) is 0 Å². The highest BCUT2D eigenvalue weighted by molar-refractivity contribution is 5.02. The fourth-order valence-corrected chi connectivity index (χ4v) is 4.09. The lowest BCUT2D eigenvalue weighted by Crippen LogP contribution is -2.62. The van der Waals surface area contributed by atoms with Gasteiger partial charge in [-0.15, -0.1) is 0 Å². The van der Waals surface area contributed by atoms with Gasteiger partial charge in [-0.05, 0) is 38.0 Å². The van der Waals surface area contributed by atoms with Gasteiger partial charge in [0, 0.05) is 11.6 Å². The first-order chi connectivity index (χ1) is 8.80. The molecule has 1 saturated heterocycles. The first-order valence-electron chi connectivity index (χ1n) is 8.19. The van der Waals surface area contributed by atoms with Crippen LogP contribution in [0, 0.1) is 5.92 Å². The SMILES string of the molecule is CCCCCCC1CCC2CCCCC2(CO)N1. The van der Waals surface area contributed by atoms with Crippen molar-refractivity contribution in [2.75, 3.05) is 6.61 Å². The minimum absolute atomic E-state index is 0.0892. The van der Waals surface area contributed by atoms with Gasteiger partial charge in [-0.1, -0.05) is 45.4 Å². The number of fused-ring (bicyclic) bond motifs is 1. The molecule has 0 bridgehead atoms. The lowest BCUT2D eigenvalue weighted by Gasteiger charge is -2.50. The molecule has 2 nitrogen and oxygen atoms in total. The maximum absolute atomic E-state index is 9.84. The van der Waals surface area contributed by atoms with E-state index in [2.05, 4.69) is 12.2 Å². The Bertz CT molecular complexity index is 243. The van der Waals surface area contributed by atoms with Gasteiger partial charge in [0.1, 0.15) is 0 Å². The van der Waals surface area contributed by atoms with Crippen LogP contribution in [-0.4, -0.2) is 23.3 Å². The van der Waals surface area contributed by atoms with Gasteiger partial charge in [-0.2, -0.15) is 0 Å². The van der Waals surface area contributed by atoms with Gasteiger partial charge in [0.25, 0.3) is 0 Å². The molecule has 0 aromatic carbocycles. The van der Waals surface area contributed by atoms with E-state index >= 15 is 0 Å². The first kappa shape index (κ1) is 14.3. The fourth-order valence-electron chi connectivity index (χ4n) is 4.09. The molecule has 18 heavy (non-hydrogen) atoms. The quantitative estimate of drug-likeness (QED) is 0.709. The van der Waals surface area contributed by atoms with Crippen LogP contribution in [-0.2, 0) is 0 Å². The van der Waals surface area contributed by atoms with Crippen LogP contribution < -0.4 is 5.32 Å². The van der Waals surface area contributed by atoms with Crippen LogP contribution >= 0.6 is 0 Å². The highest BCUT2D eigenvalue weighted by Crippen LogP contribution is 2.40. The van der Waals surface area contributed by atoms with Crippen molar-refractivity contribution in [1.82, 2.24) is 5.32 Å². The van der Waals surface area contributed by atoms with Crippen LogP contribution in [0.25, 0.3) is 0 Å². The molecule has 3 unspecified atom stereocenters. The molecule has 1 saturated carbocycles. The Labute approximate surface area is 113 Å². The number of rotatable bonds is 6. The number of unbranched alkanes of at least 4 members (excludes halogenated alkanes) is 3. The van der Waals surface area contributed by atoms with Gasteiger partial charge in [-0.3, -0.25) is 0 Å². The summed E-state index contributed by atoms with van der Waals surface area (Å²) in [6.45, 7) is 2.62. The number of hydrogen-bond donors (Lipinski definition) is 2. The molecule has 0 aromatic heterocycles. The minimum atomic E-state index is 0.0892. The molecule has 2 N–H and O–H groups in total. The van der Waals surface area contributed by atoms with Crippen molar-refractivity contribution >= 4 is 0 Å². The standard InChI is InChI=1S/C16H31NO/c1-2-3-4-5-9-15-11-10-14-8-6-7-12-16(14,13-18)17-15/h14-15,17-18H,2-13H2,1H3. The van der Waals surface area contributed by atoms with Gasteiger partial charge in [0.05, 0.1) is 6.61 Å². The minimum Gasteiger partial charge on any atom is -0.394 e. The summed E-state index contributed by atoms with van der Waals surface area (Å²) >= 11 is 0. The van der Waals surface area contributed by atoms with Crippen LogP contribution in [0.15, 0.2) is 0 Å². The highest BCUT2D eigenvalue weighted by atomic mass is 16.3. The zero-order valence-electron chi connectivity index (χ0n) is 12.1. The molecule has 0 spiro atoms. The molecular formula is C16H31NO. The fraction of sp³-hybridized carbons (Fsp3) is 1.00. The smallest absolute Gasteiger partial charge is 0.0616 e. The molecule has 0 amide bonds. The molecular weight excluding hydrogens is 222 g/mol. The summed E-state index contributed by atoms with van der Waals surface area (Å²) in [6, 6.07) is 0.670. The van der Waals surface area contributed by atoms with Crippen LogP contribution in [0.1, 0.15) is 77.6 Å². The van der Waals surface area contributed by atoms with E-state index in [1.165, 1.54) is 70.6 Å². The van der Waals surface area contributed by atoms with Crippen molar-refractivity contribution in [3.63, 3.8) is 0 Å². The maximum atomic E-state index is 9.84. The van der Waals surface area contributed by atoms with Crippen molar-refractivity contribution in [1.29, 1.82) is 0 Å². The monoisotopic (exact) mass is 253 g/mol. The molecule has 0 aromatic rings. The summed E-state index contributed by atoms with van der Waals surface area (Å²) < 4.78 is 0. The van der Waals surface area contributed by atoms with Crippen molar-refractivity contribution in [2.24, 2.45) is 5.92 Å². The zero-order valence-corrected chi connectivity index (χ0v) is 12.1. The van der Waals surface area contributed by atoms with E-state index < -0.39 is 0 Å². The largest absolute Gasteiger partial charge is 0.394 e. The van der Waals surface area contributed by atoms with Crippen molar-refractivity contribution in [2.45, 2.75) is 89.1 Å². The van der Waals surface area contributed by atoms with Crippen LogP contribution in [0.5, 0.6) is 0 Å². The molecule has 106 valence electrons. The molecule has 0 radical (unpaired) electrons. The first-order valence-corrected chi connectivity index (χ1v) is 8.19. The van der Waals surface area contributed by atoms with E-state index in [-0.39, 0.29) is 5.54 Å². The summed E-state index contributed by atoms with van der Waals surface area (Å²) in [5.74, 6) is 0.739. The molecule has 1 aliphatic heterocycles. The molecule has 1 heterocycles. The predicted molar refractivity (Wildman–Crippen MR) is 76.7 cm³/mol. The number of nitrogens with one attached hydrogen (secondary N) is 1. The van der Waals surface area contributed by atoms with Gasteiger partial charge in [-0.25, -0.2) is 0 Å². The Morgan fingerprint density at radius 1 is 1.11 bits per heavy atom. The third-order valence-electron chi connectivity index (χ3n) is 5.25. The van der Waals surface area contributed by atoms with Crippen molar-refractivity contribution < 1.29 is 5.11 Å². The Morgan fingerprint density at radius 2 is 2.00 bits per heavy atom. The van der Waals surface area contributed by atoms with E-state index in [0.717, 1.165) is 5.92 Å². The van der Waals surface area contributed by atoms with Crippen molar-refractivity contribution in [3.05, 3.63) is 0 Å². The molecule has 3 atom stereocenters. The third kappa shape index (κ3) is 3.27. The molecule has 2 rings (SSSR count). The van der Waals surface area contributed by atoms with E-state index in [1.807, 2.05) is 0 Å². The predicted octanol–water partition coefficient (Wildman–Crippen LogP) is 3.63. The number of aliphatic hydroxyl groups is 1. The second-order valence-electron chi connectivity index (χ2n) is 6.52. The van der Waals surface area contributed by atoms with Gasteiger partial charge < -0.3 is 10.4 Å². The Morgan fingerprint density at radius 3 is 2.78 bits per heavy atom. The van der Waals surface area contributed by atoms with Crippen LogP contribution in [0.2, 0.25) is 0 Å². The second-order valence-corrected chi connectivity index (χ2v) is 6.52. The lowest BCUT2D eigenvalue weighted by molar-refractivity contribution is 0.0218. The highest BCUT2D eigenvalue weighted by Gasteiger charge is 2.43. The molecule has 1 aliphatic carbocycles. The van der Waals surface area contributed by atoms with Crippen LogP contribution in [0.3, 0.4) is 0 Å². The van der Waals surface area contributed by atoms with Gasteiger partial charge in [0.2, 0.25) is 0 Å². The summed E-state index contributed by atoms with van der Waals surface area (Å²) in [5, 5.41) is 13.7. The second kappa shape index (κ2) is 6.91. The Hall–Kier alpha value is -0.0800. The maximum Gasteiger partial charge on any atom is 0.0616 e. The molecule has 2 fully saturated rings. The number of aliphatic hydroxyl groups excluding tert-OH is 1. The van der Waals surface area contributed by atoms with Crippen LogP contribution in [0.4, 0.5) is 0 Å². The third-order valence-corrected chi connectivity index (χ3v) is 5.25. The normalized spacial score (nSPS) is 36.3. The van der Waals surface area contributed by atoms with E-state index in [9.17, 15) is 5.11 Å². The Kier molecular flexibility index (Phi) is 5.50. The van der Waals surface area contributed by atoms with E-state index in [0.29, 0.717) is 12.6 Å². The summed E-state index contributed by atoms with van der Waals surface area (Å²) in [6.07, 6.45) is 14.6. The zero-order chi connectivity index (χ0) is 12.8. The summed E-state index contributed by atoms with van der Waals surface area (Å²) in [7, 11) is 0. The number of hydrogen-bond acceptors (Lipinski definition) is 2. The average molecular weight is 253 g/mol. The average Bonchev–Trinajstić information content (AvgIpc) is 2.43. The topological polar surface area (TPSA) is 32.3 Å². The summed E-state index contributed by atoms with van der Waals surface area (Å²) in [4.78, 5) is 0. The Balaban J connectivity index is 1.81. The molecule has 2 heteroatoms. The van der Waals surface area contributed by atoms with Gasteiger partial charge >= 0.3 is 0 Å². The van der Waals surface area contributed by atoms with Crippen molar-refractivity contribution in [3.8, 4) is 0 Å². The van der Waals surface area contributed by atoms with Gasteiger partial charge in [0.15, 0.2) is 0 Å². The summed E-state index contributed by atoms with van der Waals surface area (Å²) in [5.41, 5.74) is 0.0892. The number of piperidine rings is 1. The molecule has 2 aliphatic rings.